The summed E-state index contributed by atoms with van der Waals surface area (Å²) in [4.78, 5) is 19.2. The van der Waals surface area contributed by atoms with Crippen LogP contribution >= 0.6 is 11.6 Å². The van der Waals surface area contributed by atoms with Crippen molar-refractivity contribution in [1.29, 1.82) is 5.41 Å². The molecule has 0 saturated carbocycles. The van der Waals surface area contributed by atoms with Gasteiger partial charge in [-0.1, -0.05) is 11.6 Å². The molecule has 0 radical (unpaired) electrons. The first-order valence-electron chi connectivity index (χ1n) is 10.3. The van der Waals surface area contributed by atoms with Crippen molar-refractivity contribution < 1.29 is 18.3 Å². The second-order valence-corrected chi connectivity index (χ2v) is 8.41. The van der Waals surface area contributed by atoms with E-state index >= 15 is 0 Å². The van der Waals surface area contributed by atoms with Crippen molar-refractivity contribution in [3.63, 3.8) is 0 Å². The summed E-state index contributed by atoms with van der Waals surface area (Å²) in [5, 5.41) is 14.9. The fourth-order valence-electron chi connectivity index (χ4n) is 3.91. The van der Waals surface area contributed by atoms with E-state index in [0.717, 1.165) is 11.8 Å². The van der Waals surface area contributed by atoms with Gasteiger partial charge >= 0.3 is 0 Å². The van der Waals surface area contributed by atoms with Crippen LogP contribution in [0.2, 0.25) is 0 Å². The zero-order valence-corrected chi connectivity index (χ0v) is 18.5. The smallest absolute Gasteiger partial charge is 0.258 e. The molecule has 0 aromatic heterocycles. The van der Waals surface area contributed by atoms with Crippen molar-refractivity contribution in [2.24, 2.45) is 4.99 Å². The lowest BCUT2D eigenvalue weighted by Crippen LogP contribution is -2.44. The Balaban J connectivity index is 1.58. The molecule has 0 spiro atoms. The SMILES string of the molecule is CC1=N/C(=C2\CN(C(=O)c3ccc(F)cc3O[C@H]3CCNCC3F)CC2=N)NC(C)=C1Cl. The molecule has 0 aliphatic carbocycles. The van der Waals surface area contributed by atoms with E-state index in [9.17, 15) is 13.6 Å². The molecule has 2 saturated heterocycles. The van der Waals surface area contributed by atoms with Crippen LogP contribution in [-0.2, 0) is 0 Å². The molecule has 7 nitrogen and oxygen atoms in total. The third-order valence-electron chi connectivity index (χ3n) is 5.67. The van der Waals surface area contributed by atoms with E-state index in [2.05, 4.69) is 15.6 Å². The third kappa shape index (κ3) is 4.40. The molecular formula is C22H24ClF2N5O2. The number of alkyl halides is 1. The van der Waals surface area contributed by atoms with Gasteiger partial charge in [0.05, 0.1) is 35.1 Å². The van der Waals surface area contributed by atoms with E-state index in [1.165, 1.54) is 17.0 Å². The molecule has 0 bridgehead atoms. The maximum atomic E-state index is 14.2. The summed E-state index contributed by atoms with van der Waals surface area (Å²) < 4.78 is 33.9. The number of piperidine rings is 1. The average molecular weight is 464 g/mol. The maximum absolute atomic E-state index is 14.2. The lowest BCUT2D eigenvalue weighted by Gasteiger charge is -2.28. The Hall–Kier alpha value is -2.78. The van der Waals surface area contributed by atoms with Gasteiger partial charge in [0, 0.05) is 23.9 Å². The standard InChI is InChI=1S/C22H24ClF2N5O2/c1-11-20(23)12(2)29-21(28-11)15-9-30(10-17(15)26)22(31)14-4-3-13(24)7-19(14)32-18-5-6-27-8-16(18)25/h3-4,7,16,18,26-28H,5-6,8-10H2,1-2H3/b21-15+,26-17?/t16?,18-/m0/s1. The monoisotopic (exact) mass is 463 g/mol. The quantitative estimate of drug-likeness (QED) is 0.642. The number of carbonyl (C=O) groups is 1. The molecule has 170 valence electrons. The van der Waals surface area contributed by atoms with E-state index < -0.39 is 24.0 Å². The Morgan fingerprint density at radius 3 is 2.84 bits per heavy atom. The van der Waals surface area contributed by atoms with Crippen LogP contribution < -0.4 is 15.4 Å². The Bertz CT molecular complexity index is 1070. The molecule has 1 unspecified atom stereocenters. The third-order valence-corrected chi connectivity index (χ3v) is 6.23. The van der Waals surface area contributed by atoms with E-state index in [1.807, 2.05) is 6.92 Å². The van der Waals surface area contributed by atoms with Crippen LogP contribution in [0.1, 0.15) is 30.6 Å². The summed E-state index contributed by atoms with van der Waals surface area (Å²) in [6.07, 6.45) is -1.61. The summed E-state index contributed by atoms with van der Waals surface area (Å²) in [6.45, 7) is 4.53. The largest absolute Gasteiger partial charge is 0.486 e. The molecule has 1 amide bonds. The van der Waals surface area contributed by atoms with Crippen LogP contribution in [0, 0.1) is 11.2 Å². The molecule has 3 N–H and O–H groups in total. The number of nitrogens with zero attached hydrogens (tertiary/aromatic N) is 2. The molecule has 3 aliphatic rings. The predicted octanol–water partition coefficient (Wildman–Crippen LogP) is 3.13. The highest BCUT2D eigenvalue weighted by Gasteiger charge is 2.33. The van der Waals surface area contributed by atoms with Crippen LogP contribution in [0.15, 0.2) is 45.3 Å². The minimum atomic E-state index is -1.26. The zero-order valence-electron chi connectivity index (χ0n) is 17.8. The van der Waals surface area contributed by atoms with Gasteiger partial charge in [-0.05, 0) is 38.9 Å². The minimum Gasteiger partial charge on any atom is -0.486 e. The van der Waals surface area contributed by atoms with E-state index in [0.29, 0.717) is 35.1 Å². The number of amides is 1. The van der Waals surface area contributed by atoms with Gasteiger partial charge in [-0.15, -0.1) is 0 Å². The van der Waals surface area contributed by atoms with Crippen LogP contribution in [0.3, 0.4) is 0 Å². The number of hydrogen-bond acceptors (Lipinski definition) is 6. The van der Waals surface area contributed by atoms with Gasteiger partial charge in [0.2, 0.25) is 0 Å². The molecule has 2 fully saturated rings. The number of hydrogen-bond donors (Lipinski definition) is 3. The normalized spacial score (nSPS) is 26.2. The second-order valence-electron chi connectivity index (χ2n) is 8.03. The van der Waals surface area contributed by atoms with Crippen molar-refractivity contribution >= 4 is 28.9 Å². The number of nitrogens with one attached hydrogen (secondary N) is 3. The molecule has 1 aromatic carbocycles. The number of allylic oxidation sites excluding steroid dienone is 2. The molecule has 3 heterocycles. The van der Waals surface area contributed by atoms with Crippen LogP contribution in [0.5, 0.6) is 5.75 Å². The number of rotatable bonds is 3. The highest BCUT2D eigenvalue weighted by Crippen LogP contribution is 2.28. The number of ether oxygens (including phenoxy) is 1. The Morgan fingerprint density at radius 1 is 1.34 bits per heavy atom. The molecular weight excluding hydrogens is 440 g/mol. The minimum absolute atomic E-state index is 0.00685. The average Bonchev–Trinajstić information content (AvgIpc) is 3.14. The molecule has 10 heteroatoms. The highest BCUT2D eigenvalue weighted by molar-refractivity contribution is 6.43. The first kappa shape index (κ1) is 22.4. The van der Waals surface area contributed by atoms with Gasteiger partial charge in [-0.25, -0.2) is 13.8 Å². The Kier molecular flexibility index (Phi) is 6.30. The van der Waals surface area contributed by atoms with E-state index in [-0.39, 0.29) is 36.7 Å². The fraction of sp³-hybridized carbons (Fsp3) is 0.409. The van der Waals surface area contributed by atoms with Gasteiger partial charge in [-0.3, -0.25) is 4.79 Å². The van der Waals surface area contributed by atoms with Gasteiger partial charge in [0.15, 0.2) is 0 Å². The van der Waals surface area contributed by atoms with Crippen LogP contribution in [0.25, 0.3) is 0 Å². The van der Waals surface area contributed by atoms with Crippen molar-refractivity contribution in [1.82, 2.24) is 15.5 Å². The summed E-state index contributed by atoms with van der Waals surface area (Å²) in [5.41, 5.74) is 2.30. The summed E-state index contributed by atoms with van der Waals surface area (Å²) in [6, 6.07) is 3.61. The topological polar surface area (TPSA) is 89.8 Å². The second kappa shape index (κ2) is 8.99. The molecule has 3 aliphatic heterocycles. The molecule has 4 rings (SSSR count). The van der Waals surface area contributed by atoms with E-state index in [4.69, 9.17) is 21.7 Å². The summed E-state index contributed by atoms with van der Waals surface area (Å²) in [7, 11) is 0. The predicted molar refractivity (Wildman–Crippen MR) is 119 cm³/mol. The first-order valence-corrected chi connectivity index (χ1v) is 10.7. The first-order chi connectivity index (χ1) is 15.2. The molecule has 2 atom stereocenters. The highest BCUT2D eigenvalue weighted by atomic mass is 35.5. The summed E-state index contributed by atoms with van der Waals surface area (Å²) in [5.74, 6) is -0.512. The van der Waals surface area contributed by atoms with E-state index in [1.54, 1.807) is 6.92 Å². The Morgan fingerprint density at radius 2 is 2.12 bits per heavy atom. The van der Waals surface area contributed by atoms with Crippen molar-refractivity contribution in [3.8, 4) is 5.75 Å². The zero-order chi connectivity index (χ0) is 23.0. The van der Waals surface area contributed by atoms with Crippen molar-refractivity contribution in [2.45, 2.75) is 32.5 Å². The maximum Gasteiger partial charge on any atom is 0.258 e. The fourth-order valence-corrected chi connectivity index (χ4v) is 4.00. The number of likely N-dealkylation sites (tertiary alicyclic amines) is 1. The van der Waals surface area contributed by atoms with Gasteiger partial charge in [0.1, 0.15) is 29.7 Å². The number of benzene rings is 1. The van der Waals surface area contributed by atoms with Crippen molar-refractivity contribution in [2.75, 3.05) is 26.2 Å². The van der Waals surface area contributed by atoms with Gasteiger partial charge < -0.3 is 25.7 Å². The van der Waals surface area contributed by atoms with Gasteiger partial charge in [0.25, 0.3) is 5.91 Å². The number of carbonyl (C=O) groups excluding carboxylic acids is 1. The molecule has 32 heavy (non-hydrogen) atoms. The van der Waals surface area contributed by atoms with Crippen LogP contribution in [-0.4, -0.2) is 60.7 Å². The Labute approximate surface area is 189 Å². The molecule has 1 aromatic rings. The van der Waals surface area contributed by atoms with Gasteiger partial charge in [-0.2, -0.15) is 0 Å². The lowest BCUT2D eigenvalue weighted by atomic mass is 10.1. The van der Waals surface area contributed by atoms with Crippen molar-refractivity contribution in [3.05, 3.63) is 51.7 Å². The number of aliphatic imine (C=N–C) groups is 1. The van der Waals surface area contributed by atoms with Crippen LogP contribution in [0.4, 0.5) is 8.78 Å². The summed E-state index contributed by atoms with van der Waals surface area (Å²) >= 11 is 6.18. The number of halogens is 3. The lowest BCUT2D eigenvalue weighted by molar-refractivity contribution is 0.0678.